The summed E-state index contributed by atoms with van der Waals surface area (Å²) in [6.07, 6.45) is 0. The molecule has 0 fully saturated rings. The summed E-state index contributed by atoms with van der Waals surface area (Å²) in [7, 11) is 0. The van der Waals surface area contributed by atoms with E-state index in [0.29, 0.717) is 4.32 Å². The van der Waals surface area contributed by atoms with E-state index in [1.807, 2.05) is 12.3 Å². The van der Waals surface area contributed by atoms with Gasteiger partial charge in [-0.25, -0.2) is 0 Å². The number of hydrogen-bond acceptors (Lipinski definition) is 1. The molecule has 5 heteroatoms. The Labute approximate surface area is 103 Å². The molecule has 0 amide bonds. The fourth-order valence-electron chi connectivity index (χ4n) is 0.127. The van der Waals surface area contributed by atoms with Crippen molar-refractivity contribution in [3.63, 3.8) is 0 Å². The minimum absolute atomic E-state index is 0. The standard InChI is InChI=1S/C3H7NS2.2Na.2H/c1-2-6-3(4)5;;;;/h2,6H,1H3,(H2,4,5);;;;. The first-order chi connectivity index (χ1) is 2.77. The molecule has 0 atom stereocenters. The van der Waals surface area contributed by atoms with Crippen LogP contribution in [0.1, 0.15) is 6.92 Å². The third-order valence-electron chi connectivity index (χ3n) is 0.256. The molecule has 0 bridgehead atoms. The van der Waals surface area contributed by atoms with Crippen LogP contribution >= 0.6 is 23.6 Å². The van der Waals surface area contributed by atoms with Gasteiger partial charge >= 0.3 is 59.1 Å². The van der Waals surface area contributed by atoms with Gasteiger partial charge in [0.1, 0.15) is 4.32 Å². The molecule has 0 unspecified atom stereocenters. The maximum atomic E-state index is 5.09. The maximum absolute atomic E-state index is 5.09. The molecule has 0 rings (SSSR count). The van der Waals surface area contributed by atoms with E-state index in [1.165, 1.54) is 0 Å². The van der Waals surface area contributed by atoms with Crippen molar-refractivity contribution in [1.29, 1.82) is 0 Å². The normalized spacial score (nSPS) is 8.12. The molecule has 0 aliphatic heterocycles. The summed E-state index contributed by atoms with van der Waals surface area (Å²) in [6, 6.07) is 0. The Hall–Kier alpha value is 2.11. The zero-order valence-electron chi connectivity index (χ0n) is 3.51. The summed E-state index contributed by atoms with van der Waals surface area (Å²) in [5.74, 6) is 0. The van der Waals surface area contributed by atoms with Gasteiger partial charge in [0.15, 0.2) is 0 Å². The number of hydrogen-bond donors (Lipinski definition) is 2. The molecule has 8 heavy (non-hydrogen) atoms. The van der Waals surface area contributed by atoms with Gasteiger partial charge in [-0.15, -0.1) is 11.4 Å². The van der Waals surface area contributed by atoms with Crippen LogP contribution in [0, 0.1) is 0 Å². The van der Waals surface area contributed by atoms with E-state index in [-0.39, 0.29) is 59.1 Å². The Balaban J connectivity index is -0.000000125. The summed E-state index contributed by atoms with van der Waals surface area (Å²) in [5.41, 5.74) is 5.09. The van der Waals surface area contributed by atoms with Gasteiger partial charge in [-0.3, -0.25) is 0 Å². The van der Waals surface area contributed by atoms with Crippen molar-refractivity contribution in [2.45, 2.75) is 6.92 Å². The average Bonchev–Trinajstić information content (AvgIpc) is 1.35. The molecule has 0 spiro atoms. The Bertz CT molecular complexity index is 83.4. The van der Waals surface area contributed by atoms with Crippen LogP contribution in [0.4, 0.5) is 0 Å². The minimum atomic E-state index is 0. The first kappa shape index (κ1) is 16.6. The SMILES string of the molecule is CC=[SH]C(N)=S.[NaH].[NaH]. The Morgan fingerprint density at radius 1 is 1.62 bits per heavy atom. The Morgan fingerprint density at radius 3 is 2.00 bits per heavy atom. The molecule has 0 aliphatic rings. The van der Waals surface area contributed by atoms with Crippen LogP contribution in [0.2, 0.25) is 0 Å². The van der Waals surface area contributed by atoms with Crippen LogP contribution in [0.5, 0.6) is 0 Å². The first-order valence-electron chi connectivity index (χ1n) is 1.55. The second-order valence-electron chi connectivity index (χ2n) is 0.726. The summed E-state index contributed by atoms with van der Waals surface area (Å²) in [5, 5.41) is 1.91. The van der Waals surface area contributed by atoms with Crippen LogP contribution in [-0.2, 0) is 0 Å². The molecule has 2 N–H and O–H groups in total. The van der Waals surface area contributed by atoms with Crippen LogP contribution in [-0.4, -0.2) is 68.8 Å². The van der Waals surface area contributed by atoms with Crippen LogP contribution in [0.25, 0.3) is 0 Å². The number of thiol groups is 1. The van der Waals surface area contributed by atoms with Gasteiger partial charge in [0.25, 0.3) is 0 Å². The Morgan fingerprint density at radius 2 is 2.00 bits per heavy atom. The summed E-state index contributed by atoms with van der Waals surface area (Å²) < 4.78 is 0.539. The second kappa shape index (κ2) is 11.9. The van der Waals surface area contributed by atoms with Gasteiger partial charge in [0.05, 0.1) is 0 Å². The van der Waals surface area contributed by atoms with E-state index in [9.17, 15) is 0 Å². The molecule has 1 nitrogen and oxygen atoms in total. The third kappa shape index (κ3) is 15.7. The van der Waals surface area contributed by atoms with Crippen molar-refractivity contribution in [2.75, 3.05) is 0 Å². The molecule has 0 radical (unpaired) electrons. The summed E-state index contributed by atoms with van der Waals surface area (Å²) >= 11 is 5.49. The van der Waals surface area contributed by atoms with Gasteiger partial charge in [-0.05, 0) is 6.92 Å². The van der Waals surface area contributed by atoms with E-state index < -0.39 is 0 Å². The van der Waals surface area contributed by atoms with Crippen LogP contribution < -0.4 is 5.73 Å². The van der Waals surface area contributed by atoms with E-state index >= 15 is 0 Å². The van der Waals surface area contributed by atoms with Crippen molar-refractivity contribution in [1.82, 2.24) is 0 Å². The van der Waals surface area contributed by atoms with Gasteiger partial charge < -0.3 is 5.73 Å². The fraction of sp³-hybridized carbons (Fsp3) is 0.333. The van der Waals surface area contributed by atoms with E-state index in [4.69, 9.17) is 5.73 Å². The molecular weight excluding hydrogens is 160 g/mol. The second-order valence-corrected chi connectivity index (χ2v) is 2.72. The molecule has 0 heterocycles. The molecule has 0 aromatic rings. The monoisotopic (exact) mass is 169 g/mol. The third-order valence-corrected chi connectivity index (χ3v) is 1.09. The van der Waals surface area contributed by atoms with Gasteiger partial charge in [0.2, 0.25) is 0 Å². The van der Waals surface area contributed by atoms with E-state index in [0.717, 1.165) is 11.4 Å². The average molecular weight is 169 g/mol. The van der Waals surface area contributed by atoms with Crippen molar-refractivity contribution >= 4 is 92.4 Å². The van der Waals surface area contributed by atoms with Crippen molar-refractivity contribution < 1.29 is 0 Å². The summed E-state index contributed by atoms with van der Waals surface area (Å²) in [6.45, 7) is 1.92. The number of rotatable bonds is 0. The first-order valence-corrected chi connectivity index (χ1v) is 2.92. The predicted molar refractivity (Wildman–Crippen MR) is 51.8 cm³/mol. The number of thiocarbonyl (C=S) groups is 1. The molecule has 0 aromatic carbocycles. The quantitative estimate of drug-likeness (QED) is 0.283. The molecule has 0 saturated carbocycles. The van der Waals surface area contributed by atoms with Gasteiger partial charge in [0, 0.05) is 0 Å². The fourth-order valence-corrected chi connectivity index (χ4v) is 0.698. The molecule has 0 saturated heterocycles. The molecule has 40 valence electrons. The van der Waals surface area contributed by atoms with Crippen molar-refractivity contribution in [3.8, 4) is 0 Å². The Kier molecular flexibility index (Phi) is 24.6. The van der Waals surface area contributed by atoms with Crippen LogP contribution in [0.3, 0.4) is 0 Å². The zero-order valence-corrected chi connectivity index (χ0v) is 5.22. The summed E-state index contributed by atoms with van der Waals surface area (Å²) in [4.78, 5) is 0. The van der Waals surface area contributed by atoms with Crippen molar-refractivity contribution in [3.05, 3.63) is 0 Å². The molecular formula is C3H9NNa2S2. The number of nitrogens with two attached hydrogens (primary N) is 1. The van der Waals surface area contributed by atoms with Gasteiger partial charge in [-0.2, -0.15) is 0 Å². The van der Waals surface area contributed by atoms with Crippen molar-refractivity contribution in [2.24, 2.45) is 5.73 Å². The topological polar surface area (TPSA) is 26.0 Å². The van der Waals surface area contributed by atoms with E-state index in [1.54, 1.807) is 0 Å². The zero-order chi connectivity index (χ0) is 4.99. The van der Waals surface area contributed by atoms with Gasteiger partial charge in [-0.1, -0.05) is 17.6 Å². The molecule has 0 aliphatic carbocycles. The van der Waals surface area contributed by atoms with Crippen LogP contribution in [0.15, 0.2) is 0 Å². The van der Waals surface area contributed by atoms with E-state index in [2.05, 4.69) is 12.2 Å². The predicted octanol–water partition coefficient (Wildman–Crippen LogP) is -0.779. The molecule has 0 aromatic heterocycles.